The molecule has 2 aliphatic heterocycles. The van der Waals surface area contributed by atoms with Crippen molar-refractivity contribution in [3.05, 3.63) is 17.5 Å². The van der Waals surface area contributed by atoms with Gasteiger partial charge < -0.3 is 24.2 Å². The molecule has 0 aromatic carbocycles. The summed E-state index contributed by atoms with van der Waals surface area (Å²) in [6.45, 7) is 3.96. The van der Waals surface area contributed by atoms with Crippen molar-refractivity contribution >= 4 is 11.9 Å². The third-order valence-corrected chi connectivity index (χ3v) is 6.69. The predicted molar refractivity (Wildman–Crippen MR) is 105 cm³/mol. The number of carboxylic acid groups (broad SMARTS) is 1. The number of amides is 1. The highest BCUT2D eigenvalue weighted by atomic mass is 19.4. The highest BCUT2D eigenvalue weighted by Gasteiger charge is 2.47. The van der Waals surface area contributed by atoms with Gasteiger partial charge in [0.05, 0.1) is 12.1 Å². The molecule has 2 aliphatic carbocycles. The van der Waals surface area contributed by atoms with Crippen LogP contribution in [0.15, 0.2) is 10.6 Å². The first-order chi connectivity index (χ1) is 15.2. The molecule has 178 valence electrons. The maximum Gasteiger partial charge on any atom is 0.490 e. The van der Waals surface area contributed by atoms with E-state index in [0.717, 1.165) is 50.6 Å². The highest BCUT2D eigenvalue weighted by molar-refractivity contribution is 5.92. The van der Waals surface area contributed by atoms with E-state index in [0.29, 0.717) is 17.5 Å². The zero-order chi connectivity index (χ0) is 23.0. The first-order valence-corrected chi connectivity index (χ1v) is 11.0. The topological polar surface area (TPSA) is 96.1 Å². The Morgan fingerprint density at radius 1 is 1.22 bits per heavy atom. The van der Waals surface area contributed by atoms with E-state index in [9.17, 15) is 18.0 Å². The summed E-state index contributed by atoms with van der Waals surface area (Å²) >= 11 is 0. The second-order valence-corrected chi connectivity index (χ2v) is 9.15. The van der Waals surface area contributed by atoms with Crippen LogP contribution in [-0.2, 0) is 9.53 Å². The Morgan fingerprint density at radius 2 is 1.91 bits per heavy atom. The van der Waals surface area contributed by atoms with E-state index in [-0.39, 0.29) is 18.1 Å². The number of piperidine rings is 1. The van der Waals surface area contributed by atoms with Gasteiger partial charge in [0.15, 0.2) is 5.69 Å². The lowest BCUT2D eigenvalue weighted by Crippen LogP contribution is -2.53. The quantitative estimate of drug-likeness (QED) is 0.723. The highest BCUT2D eigenvalue weighted by Crippen LogP contribution is 2.41. The molecule has 0 spiro atoms. The van der Waals surface area contributed by atoms with E-state index in [1.165, 1.54) is 19.4 Å². The summed E-state index contributed by atoms with van der Waals surface area (Å²) in [5.74, 6) is -0.0610. The molecule has 0 radical (unpaired) electrons. The molecule has 4 aliphatic rings. The van der Waals surface area contributed by atoms with Gasteiger partial charge in [-0.05, 0) is 38.0 Å². The number of hydrogen-bond acceptors (Lipinski definition) is 6. The minimum atomic E-state index is -5.08. The van der Waals surface area contributed by atoms with Gasteiger partial charge in [0.25, 0.3) is 5.91 Å². The Balaban J connectivity index is 0.000000307. The summed E-state index contributed by atoms with van der Waals surface area (Å²) in [5.41, 5.74) is 0.483. The molecule has 32 heavy (non-hydrogen) atoms. The first-order valence-electron chi connectivity index (χ1n) is 11.0. The number of carboxylic acids is 1. The Kier molecular flexibility index (Phi) is 6.49. The van der Waals surface area contributed by atoms with Crippen LogP contribution >= 0.6 is 0 Å². The number of ether oxygens (including phenoxy) is 1. The van der Waals surface area contributed by atoms with E-state index in [4.69, 9.17) is 19.2 Å². The molecular weight excluding hydrogens is 431 g/mol. The molecule has 3 atom stereocenters. The summed E-state index contributed by atoms with van der Waals surface area (Å²) in [5, 5.41) is 11.2. The van der Waals surface area contributed by atoms with Gasteiger partial charge in [-0.25, -0.2) is 4.79 Å². The van der Waals surface area contributed by atoms with Crippen LogP contribution in [0.25, 0.3) is 0 Å². The number of aromatic nitrogens is 1. The summed E-state index contributed by atoms with van der Waals surface area (Å²) in [4.78, 5) is 26.6. The monoisotopic (exact) mass is 459 g/mol. The molecule has 11 heteroatoms. The number of likely N-dealkylation sites (tertiary alicyclic amines) is 2. The molecule has 2 saturated heterocycles. The van der Waals surface area contributed by atoms with Gasteiger partial charge in [-0.15, -0.1) is 0 Å². The predicted octanol–water partition coefficient (Wildman–Crippen LogP) is 2.76. The SMILES string of the molecule is CO[C@@H]1CCN(C(=O)c2cc(C3CC3)on2)[C@@H]2CN(CC3CC3)C[C@@H]21.O=C(O)C(F)(F)F. The molecule has 3 heterocycles. The average Bonchev–Trinajstić information content (AvgIpc) is 3.66. The van der Waals surface area contributed by atoms with Crippen LogP contribution in [0.5, 0.6) is 0 Å². The van der Waals surface area contributed by atoms with Gasteiger partial charge in [0, 0.05) is 51.2 Å². The number of alkyl halides is 3. The molecule has 1 N–H and O–H groups in total. The van der Waals surface area contributed by atoms with Crippen molar-refractivity contribution in [2.45, 2.75) is 56.3 Å². The molecule has 1 aromatic rings. The van der Waals surface area contributed by atoms with Crippen molar-refractivity contribution in [1.29, 1.82) is 0 Å². The number of aliphatic carboxylic acids is 1. The Hall–Kier alpha value is -2.14. The van der Waals surface area contributed by atoms with E-state index in [1.807, 2.05) is 18.1 Å². The van der Waals surface area contributed by atoms with Crippen molar-refractivity contribution < 1.29 is 37.1 Å². The van der Waals surface area contributed by atoms with Gasteiger partial charge in [-0.1, -0.05) is 5.16 Å². The fraction of sp³-hybridized carbons (Fsp3) is 0.762. The summed E-state index contributed by atoms with van der Waals surface area (Å²) in [6, 6.07) is 2.11. The number of fused-ring (bicyclic) bond motifs is 1. The van der Waals surface area contributed by atoms with Gasteiger partial charge in [0.1, 0.15) is 5.76 Å². The first kappa shape index (κ1) is 23.0. The number of carbonyl (C=O) groups is 2. The zero-order valence-electron chi connectivity index (χ0n) is 17.9. The van der Waals surface area contributed by atoms with Gasteiger partial charge in [0.2, 0.25) is 0 Å². The van der Waals surface area contributed by atoms with Crippen molar-refractivity contribution in [1.82, 2.24) is 15.0 Å². The van der Waals surface area contributed by atoms with Crippen LogP contribution in [0, 0.1) is 11.8 Å². The molecule has 5 rings (SSSR count). The van der Waals surface area contributed by atoms with Crippen LogP contribution in [0.1, 0.15) is 54.3 Å². The molecule has 2 saturated carbocycles. The molecule has 8 nitrogen and oxygen atoms in total. The Morgan fingerprint density at radius 3 is 2.47 bits per heavy atom. The summed E-state index contributed by atoms with van der Waals surface area (Å²) < 4.78 is 42.9. The summed E-state index contributed by atoms with van der Waals surface area (Å²) in [6.07, 6.45) is 1.13. The molecule has 4 fully saturated rings. The van der Waals surface area contributed by atoms with Crippen LogP contribution in [0.2, 0.25) is 0 Å². The molecular formula is C21H28F3N3O5. The van der Waals surface area contributed by atoms with Crippen LogP contribution in [0.4, 0.5) is 13.2 Å². The van der Waals surface area contributed by atoms with Gasteiger partial charge >= 0.3 is 12.1 Å². The summed E-state index contributed by atoms with van der Waals surface area (Å²) in [7, 11) is 1.81. The number of nitrogens with zero attached hydrogens (tertiary/aromatic N) is 3. The van der Waals surface area contributed by atoms with Crippen LogP contribution < -0.4 is 0 Å². The van der Waals surface area contributed by atoms with Crippen molar-refractivity contribution in [3.8, 4) is 0 Å². The van der Waals surface area contributed by atoms with E-state index in [2.05, 4.69) is 10.1 Å². The number of rotatable bonds is 5. The third kappa shape index (κ3) is 5.25. The van der Waals surface area contributed by atoms with E-state index >= 15 is 0 Å². The van der Waals surface area contributed by atoms with Crippen LogP contribution in [0.3, 0.4) is 0 Å². The molecule has 1 aromatic heterocycles. The third-order valence-electron chi connectivity index (χ3n) is 6.69. The van der Waals surface area contributed by atoms with Gasteiger partial charge in [-0.3, -0.25) is 4.79 Å². The number of methoxy groups -OCH3 is 1. The van der Waals surface area contributed by atoms with E-state index < -0.39 is 12.1 Å². The maximum absolute atomic E-state index is 13.1. The minimum Gasteiger partial charge on any atom is -0.475 e. The van der Waals surface area contributed by atoms with Crippen molar-refractivity contribution in [3.63, 3.8) is 0 Å². The lowest BCUT2D eigenvalue weighted by atomic mass is 9.88. The van der Waals surface area contributed by atoms with Crippen LogP contribution in [-0.4, -0.2) is 83.6 Å². The fourth-order valence-corrected chi connectivity index (χ4v) is 4.69. The van der Waals surface area contributed by atoms with Crippen molar-refractivity contribution in [2.24, 2.45) is 11.8 Å². The van der Waals surface area contributed by atoms with E-state index in [1.54, 1.807) is 0 Å². The smallest absolute Gasteiger partial charge is 0.475 e. The second kappa shape index (κ2) is 9.01. The maximum atomic E-state index is 13.1. The average molecular weight is 459 g/mol. The lowest BCUT2D eigenvalue weighted by molar-refractivity contribution is -0.192. The standard InChI is InChI=1S/C19H27N3O3.C2HF3O2/c1-24-17-6-7-22(16-11-21(10-14(16)17)9-12-2-3-12)19(23)15-8-18(25-20-15)13-4-5-13;3-2(4,5)1(6)7/h8,12-14,16-17H,2-7,9-11H2,1H3;(H,6,7)/t14-,16+,17+;/m0./s1. The zero-order valence-corrected chi connectivity index (χ0v) is 17.9. The lowest BCUT2D eigenvalue weighted by Gasteiger charge is -2.40. The fourth-order valence-electron chi connectivity index (χ4n) is 4.69. The van der Waals surface area contributed by atoms with Crippen molar-refractivity contribution in [2.75, 3.05) is 33.3 Å². The normalized spacial score (nSPS) is 28.1. The Labute approximate surface area is 183 Å². The molecule has 0 unspecified atom stereocenters. The van der Waals surface area contributed by atoms with Gasteiger partial charge in [-0.2, -0.15) is 13.2 Å². The molecule has 0 bridgehead atoms. The second-order valence-electron chi connectivity index (χ2n) is 9.15. The Bertz CT molecular complexity index is 837. The minimum absolute atomic E-state index is 0.0356. The largest absolute Gasteiger partial charge is 0.490 e. The number of carbonyl (C=O) groups excluding carboxylic acids is 1. The number of halogens is 3. The number of hydrogen-bond donors (Lipinski definition) is 1. The molecule has 1 amide bonds.